The summed E-state index contributed by atoms with van der Waals surface area (Å²) in [6.45, 7) is 0.0911. The van der Waals surface area contributed by atoms with Crippen LogP contribution < -0.4 is 19.7 Å². The zero-order valence-electron chi connectivity index (χ0n) is 19.0. The standard InChI is InChI=1S/C28H21N3O5/c32-26(29-17-7-2-1-3-8-17)25-23-22(24-19-9-5-4-6-16(19)12-13-30(24)25)27(33)31(28(23)34)18-10-11-20-21(14-18)36-15-35-20/h1-14,22-25H,15H2,(H,29,32)/t22-,23+,24-,25-/m0/s1. The minimum absolute atomic E-state index is 0.0911. The minimum atomic E-state index is -0.847. The van der Waals surface area contributed by atoms with E-state index in [2.05, 4.69) is 5.32 Å². The number of para-hydroxylation sites is 1. The first kappa shape index (κ1) is 20.8. The van der Waals surface area contributed by atoms with Gasteiger partial charge in [0, 0.05) is 18.0 Å². The molecule has 0 unspecified atom stereocenters. The molecule has 178 valence electrons. The van der Waals surface area contributed by atoms with Gasteiger partial charge in [-0.05, 0) is 41.5 Å². The van der Waals surface area contributed by atoms with Crippen LogP contribution >= 0.6 is 0 Å². The Kier molecular flexibility index (Phi) is 4.44. The van der Waals surface area contributed by atoms with Crippen LogP contribution in [0.3, 0.4) is 0 Å². The van der Waals surface area contributed by atoms with E-state index in [1.54, 1.807) is 30.3 Å². The van der Waals surface area contributed by atoms with Crippen molar-refractivity contribution in [1.82, 2.24) is 4.90 Å². The second-order valence-corrected chi connectivity index (χ2v) is 9.24. The van der Waals surface area contributed by atoms with Crippen LogP contribution in [0.5, 0.6) is 11.5 Å². The van der Waals surface area contributed by atoms with Gasteiger partial charge in [0.1, 0.15) is 6.04 Å². The van der Waals surface area contributed by atoms with Gasteiger partial charge >= 0.3 is 0 Å². The number of nitrogens with one attached hydrogen (secondary N) is 1. The number of benzene rings is 3. The van der Waals surface area contributed by atoms with Crippen LogP contribution in [0.1, 0.15) is 17.2 Å². The molecule has 0 aliphatic carbocycles. The summed E-state index contributed by atoms with van der Waals surface area (Å²) in [6, 6.07) is 20.6. The van der Waals surface area contributed by atoms with Crippen molar-refractivity contribution >= 4 is 35.2 Å². The average Bonchev–Trinajstić information content (AvgIpc) is 3.57. The van der Waals surface area contributed by atoms with Gasteiger partial charge in [0.2, 0.25) is 24.5 Å². The SMILES string of the molecule is O=C(Nc1ccccc1)[C@@H]1[C@@H]2C(=O)N(c3ccc4c(c3)OCO4)C(=O)[C@@H]2[C@@H]2c3ccccc3C=CN12. The molecule has 0 saturated carbocycles. The molecule has 8 nitrogen and oxygen atoms in total. The summed E-state index contributed by atoms with van der Waals surface area (Å²) in [5.41, 5.74) is 2.95. The maximum absolute atomic E-state index is 13.9. The summed E-state index contributed by atoms with van der Waals surface area (Å²) >= 11 is 0. The Morgan fingerprint density at radius 2 is 1.61 bits per heavy atom. The van der Waals surface area contributed by atoms with E-state index in [0.717, 1.165) is 11.1 Å². The van der Waals surface area contributed by atoms with Gasteiger partial charge in [-0.3, -0.25) is 14.4 Å². The monoisotopic (exact) mass is 479 g/mol. The van der Waals surface area contributed by atoms with Gasteiger partial charge in [-0.25, -0.2) is 4.90 Å². The quantitative estimate of drug-likeness (QED) is 0.578. The number of hydrogen-bond acceptors (Lipinski definition) is 6. The lowest BCUT2D eigenvalue weighted by Crippen LogP contribution is -2.46. The molecule has 2 fully saturated rings. The molecule has 8 heteroatoms. The van der Waals surface area contributed by atoms with E-state index in [1.165, 1.54) is 4.90 Å². The van der Waals surface area contributed by atoms with Crippen LogP contribution in [0, 0.1) is 11.8 Å². The van der Waals surface area contributed by atoms with Crippen molar-refractivity contribution in [2.24, 2.45) is 11.8 Å². The van der Waals surface area contributed by atoms with Crippen LogP contribution in [-0.4, -0.2) is 35.5 Å². The van der Waals surface area contributed by atoms with Gasteiger partial charge in [-0.1, -0.05) is 42.5 Å². The van der Waals surface area contributed by atoms with Crippen molar-refractivity contribution in [1.29, 1.82) is 0 Å². The summed E-state index contributed by atoms with van der Waals surface area (Å²) in [7, 11) is 0. The molecular weight excluding hydrogens is 458 g/mol. The number of ether oxygens (including phenoxy) is 2. The summed E-state index contributed by atoms with van der Waals surface area (Å²) in [4.78, 5) is 44.6. The van der Waals surface area contributed by atoms with Crippen LogP contribution in [0.25, 0.3) is 6.08 Å². The topological polar surface area (TPSA) is 88.2 Å². The molecule has 4 atom stereocenters. The summed E-state index contributed by atoms with van der Waals surface area (Å²) in [5.74, 6) is -1.53. The highest BCUT2D eigenvalue weighted by Crippen LogP contribution is 2.53. The number of rotatable bonds is 3. The molecule has 0 radical (unpaired) electrons. The first-order valence-corrected chi connectivity index (χ1v) is 11.8. The first-order chi connectivity index (χ1) is 17.6. The third kappa shape index (κ3) is 2.90. The summed E-state index contributed by atoms with van der Waals surface area (Å²) in [5, 5.41) is 2.94. The molecule has 4 aliphatic rings. The second kappa shape index (κ2) is 7.71. The van der Waals surface area contributed by atoms with E-state index in [9.17, 15) is 14.4 Å². The third-order valence-electron chi connectivity index (χ3n) is 7.39. The molecule has 3 aromatic carbocycles. The Balaban J connectivity index is 1.32. The Morgan fingerprint density at radius 1 is 0.861 bits per heavy atom. The maximum atomic E-state index is 13.9. The number of carbonyl (C=O) groups is 3. The highest BCUT2D eigenvalue weighted by atomic mass is 16.7. The minimum Gasteiger partial charge on any atom is -0.454 e. The van der Waals surface area contributed by atoms with Crippen molar-refractivity contribution in [3.05, 3.63) is 90.1 Å². The molecule has 4 heterocycles. The second-order valence-electron chi connectivity index (χ2n) is 9.24. The Bertz CT molecular complexity index is 1450. The molecule has 4 aliphatic heterocycles. The number of imide groups is 1. The molecule has 2 saturated heterocycles. The highest BCUT2D eigenvalue weighted by molar-refractivity contribution is 6.24. The molecule has 36 heavy (non-hydrogen) atoms. The average molecular weight is 479 g/mol. The third-order valence-corrected chi connectivity index (χ3v) is 7.39. The molecule has 3 amide bonds. The Morgan fingerprint density at radius 3 is 2.47 bits per heavy atom. The van der Waals surface area contributed by atoms with E-state index in [0.29, 0.717) is 22.9 Å². The van der Waals surface area contributed by atoms with Crippen LogP contribution in [0.2, 0.25) is 0 Å². The van der Waals surface area contributed by atoms with Gasteiger partial charge in [-0.2, -0.15) is 0 Å². The van der Waals surface area contributed by atoms with Crippen LogP contribution in [0.4, 0.5) is 11.4 Å². The molecule has 7 rings (SSSR count). The number of anilines is 2. The number of amides is 3. The Labute approximate surface area is 206 Å². The summed E-state index contributed by atoms with van der Waals surface area (Å²) in [6.07, 6.45) is 3.77. The van der Waals surface area contributed by atoms with E-state index in [1.807, 2.05) is 59.6 Å². The fourth-order valence-corrected chi connectivity index (χ4v) is 5.87. The van der Waals surface area contributed by atoms with Gasteiger partial charge in [-0.15, -0.1) is 0 Å². The lowest BCUT2D eigenvalue weighted by Gasteiger charge is -2.35. The van der Waals surface area contributed by atoms with E-state index >= 15 is 0 Å². The van der Waals surface area contributed by atoms with Crippen molar-refractivity contribution < 1.29 is 23.9 Å². The van der Waals surface area contributed by atoms with Crippen molar-refractivity contribution in [3.8, 4) is 11.5 Å². The van der Waals surface area contributed by atoms with Crippen LogP contribution in [-0.2, 0) is 14.4 Å². The van der Waals surface area contributed by atoms with Crippen molar-refractivity contribution in [2.75, 3.05) is 17.0 Å². The van der Waals surface area contributed by atoms with Crippen LogP contribution in [0.15, 0.2) is 79.0 Å². The van der Waals surface area contributed by atoms with E-state index in [-0.39, 0.29) is 18.6 Å². The largest absolute Gasteiger partial charge is 0.454 e. The molecule has 3 aromatic rings. The van der Waals surface area contributed by atoms with Crippen molar-refractivity contribution in [3.63, 3.8) is 0 Å². The molecule has 0 spiro atoms. The predicted molar refractivity (Wildman–Crippen MR) is 131 cm³/mol. The zero-order valence-corrected chi connectivity index (χ0v) is 19.0. The number of nitrogens with zero attached hydrogens (tertiary/aromatic N) is 2. The van der Waals surface area contributed by atoms with Gasteiger partial charge in [0.05, 0.1) is 23.6 Å². The molecular formula is C28H21N3O5. The normalized spacial score (nSPS) is 25.0. The fourth-order valence-electron chi connectivity index (χ4n) is 5.87. The smallest absolute Gasteiger partial charge is 0.247 e. The summed E-state index contributed by atoms with van der Waals surface area (Å²) < 4.78 is 10.8. The molecule has 0 bridgehead atoms. The lowest BCUT2D eigenvalue weighted by atomic mass is 9.84. The number of carbonyl (C=O) groups excluding carboxylic acids is 3. The van der Waals surface area contributed by atoms with Gasteiger partial charge < -0.3 is 19.7 Å². The number of fused-ring (bicyclic) bond motifs is 6. The van der Waals surface area contributed by atoms with Gasteiger partial charge in [0.25, 0.3) is 0 Å². The lowest BCUT2D eigenvalue weighted by molar-refractivity contribution is -0.128. The molecule has 0 aromatic heterocycles. The van der Waals surface area contributed by atoms with Gasteiger partial charge in [0.15, 0.2) is 11.5 Å². The van der Waals surface area contributed by atoms with E-state index in [4.69, 9.17) is 9.47 Å². The predicted octanol–water partition coefficient (Wildman–Crippen LogP) is 3.57. The first-order valence-electron chi connectivity index (χ1n) is 11.8. The Hall–Kier alpha value is -4.59. The highest BCUT2D eigenvalue weighted by Gasteiger charge is 2.64. The molecule has 1 N–H and O–H groups in total. The van der Waals surface area contributed by atoms with Crippen molar-refractivity contribution in [2.45, 2.75) is 12.1 Å². The zero-order chi connectivity index (χ0) is 24.4. The number of hydrogen-bond donors (Lipinski definition) is 1. The maximum Gasteiger partial charge on any atom is 0.247 e. The fraction of sp³-hybridized carbons (Fsp3) is 0.179. The van der Waals surface area contributed by atoms with E-state index < -0.39 is 29.8 Å².